The zero-order valence-corrected chi connectivity index (χ0v) is 11.8. The van der Waals surface area contributed by atoms with Crippen molar-refractivity contribution in [3.8, 4) is 0 Å². The molecule has 6 heteroatoms. The molecule has 0 saturated heterocycles. The fraction of sp³-hybridized carbons (Fsp3) is 0.400. The van der Waals surface area contributed by atoms with Gasteiger partial charge in [-0.3, -0.25) is 4.68 Å². The van der Waals surface area contributed by atoms with Crippen molar-refractivity contribution in [1.29, 1.82) is 0 Å². The highest BCUT2D eigenvalue weighted by Gasteiger charge is 2.33. The number of halogens is 3. The van der Waals surface area contributed by atoms with Crippen LogP contribution in [0.15, 0.2) is 36.5 Å². The van der Waals surface area contributed by atoms with Crippen LogP contribution in [0.25, 0.3) is 0 Å². The minimum Gasteiger partial charge on any atom is -0.317 e. The van der Waals surface area contributed by atoms with Crippen LogP contribution in [0.5, 0.6) is 0 Å². The zero-order valence-electron chi connectivity index (χ0n) is 11.8. The number of nitrogens with zero attached hydrogens (tertiary/aromatic N) is 2. The second-order valence-electron chi connectivity index (χ2n) is 4.82. The number of rotatable bonds is 6. The largest absolute Gasteiger partial charge is 0.435 e. The van der Waals surface area contributed by atoms with Gasteiger partial charge in [-0.15, -0.1) is 0 Å². The van der Waals surface area contributed by atoms with Gasteiger partial charge >= 0.3 is 6.18 Å². The van der Waals surface area contributed by atoms with Crippen molar-refractivity contribution in [1.82, 2.24) is 15.1 Å². The van der Waals surface area contributed by atoms with Gasteiger partial charge in [0, 0.05) is 6.20 Å². The second kappa shape index (κ2) is 6.76. The fourth-order valence-corrected chi connectivity index (χ4v) is 2.01. The van der Waals surface area contributed by atoms with E-state index in [-0.39, 0.29) is 0 Å². The number of benzene rings is 1. The topological polar surface area (TPSA) is 29.9 Å². The summed E-state index contributed by atoms with van der Waals surface area (Å²) in [5.41, 5.74) is 1.28. The fourth-order valence-electron chi connectivity index (χ4n) is 2.01. The first kappa shape index (κ1) is 15.6. The molecule has 0 fully saturated rings. The average Bonchev–Trinajstić information content (AvgIpc) is 2.90. The third-order valence-electron chi connectivity index (χ3n) is 3.14. The highest BCUT2D eigenvalue weighted by molar-refractivity contribution is 5.23. The van der Waals surface area contributed by atoms with Gasteiger partial charge in [-0.05, 0) is 36.7 Å². The molecule has 0 aliphatic rings. The van der Waals surface area contributed by atoms with E-state index in [1.165, 1.54) is 16.4 Å². The van der Waals surface area contributed by atoms with Crippen molar-refractivity contribution < 1.29 is 13.2 Å². The summed E-state index contributed by atoms with van der Waals surface area (Å²) in [6.07, 6.45) is -2.10. The van der Waals surface area contributed by atoms with Crippen LogP contribution in [0, 0.1) is 0 Å². The van der Waals surface area contributed by atoms with E-state index in [9.17, 15) is 13.2 Å². The number of hydrogen-bond acceptors (Lipinski definition) is 2. The van der Waals surface area contributed by atoms with Crippen molar-refractivity contribution in [2.24, 2.45) is 0 Å². The summed E-state index contributed by atoms with van der Waals surface area (Å²) in [6.45, 7) is 4.26. The lowest BCUT2D eigenvalue weighted by atomic mass is 10.1. The molecule has 0 aliphatic carbocycles. The van der Waals surface area contributed by atoms with E-state index in [1.807, 2.05) is 24.3 Å². The molecule has 2 rings (SSSR count). The predicted molar refractivity (Wildman–Crippen MR) is 75.0 cm³/mol. The monoisotopic (exact) mass is 297 g/mol. The Morgan fingerprint density at radius 2 is 1.76 bits per heavy atom. The SMILES string of the molecule is CCNCCc1ccc(Cn2ccc(C(F)(F)F)n2)cc1. The standard InChI is InChI=1S/C15H18F3N3/c1-2-19-9-7-12-3-5-13(6-4-12)11-21-10-8-14(20-21)15(16,17)18/h3-6,8,10,19H,2,7,9,11H2,1H3. The Balaban J connectivity index is 1.95. The third-order valence-corrected chi connectivity index (χ3v) is 3.14. The van der Waals surface area contributed by atoms with Crippen LogP contribution in [0.4, 0.5) is 13.2 Å². The lowest BCUT2D eigenvalue weighted by molar-refractivity contribution is -0.141. The van der Waals surface area contributed by atoms with Crippen molar-refractivity contribution >= 4 is 0 Å². The van der Waals surface area contributed by atoms with E-state index in [0.29, 0.717) is 6.54 Å². The van der Waals surface area contributed by atoms with Gasteiger partial charge in [0.1, 0.15) is 0 Å². The first-order valence-corrected chi connectivity index (χ1v) is 6.88. The van der Waals surface area contributed by atoms with Crippen molar-refractivity contribution in [2.75, 3.05) is 13.1 Å². The molecule has 21 heavy (non-hydrogen) atoms. The highest BCUT2D eigenvalue weighted by Crippen LogP contribution is 2.27. The first-order valence-electron chi connectivity index (χ1n) is 6.88. The highest BCUT2D eigenvalue weighted by atomic mass is 19.4. The average molecular weight is 297 g/mol. The Kier molecular flexibility index (Phi) is 5.01. The maximum Gasteiger partial charge on any atom is 0.435 e. The summed E-state index contributed by atoms with van der Waals surface area (Å²) in [6, 6.07) is 8.85. The van der Waals surface area contributed by atoms with Crippen LogP contribution in [-0.2, 0) is 19.1 Å². The zero-order chi connectivity index (χ0) is 15.3. The summed E-state index contributed by atoms with van der Waals surface area (Å²) in [7, 11) is 0. The number of aromatic nitrogens is 2. The van der Waals surface area contributed by atoms with Gasteiger partial charge < -0.3 is 5.32 Å². The molecule has 114 valence electrons. The van der Waals surface area contributed by atoms with E-state index in [1.54, 1.807) is 0 Å². The van der Waals surface area contributed by atoms with Crippen molar-refractivity contribution in [2.45, 2.75) is 26.1 Å². The van der Waals surface area contributed by atoms with E-state index in [0.717, 1.165) is 31.1 Å². The summed E-state index contributed by atoms with van der Waals surface area (Å²) < 4.78 is 38.7. The van der Waals surface area contributed by atoms with Gasteiger partial charge in [0.05, 0.1) is 6.54 Å². The number of nitrogens with one attached hydrogen (secondary N) is 1. The Bertz CT molecular complexity index is 558. The Morgan fingerprint density at radius 1 is 1.10 bits per heavy atom. The molecule has 2 aromatic rings. The molecule has 0 aliphatic heterocycles. The van der Waals surface area contributed by atoms with E-state index >= 15 is 0 Å². The van der Waals surface area contributed by atoms with Crippen molar-refractivity contribution in [3.05, 3.63) is 53.3 Å². The molecule has 0 radical (unpaired) electrons. The molecule has 1 aromatic heterocycles. The van der Waals surface area contributed by atoms with E-state index in [4.69, 9.17) is 0 Å². The van der Waals surface area contributed by atoms with Gasteiger partial charge in [0.25, 0.3) is 0 Å². The summed E-state index contributed by atoms with van der Waals surface area (Å²) in [5.74, 6) is 0. The Labute approximate surface area is 121 Å². The summed E-state index contributed by atoms with van der Waals surface area (Å²) >= 11 is 0. The van der Waals surface area contributed by atoms with Gasteiger partial charge in [-0.1, -0.05) is 31.2 Å². The van der Waals surface area contributed by atoms with Crippen LogP contribution in [0.2, 0.25) is 0 Å². The molecule has 0 atom stereocenters. The van der Waals surface area contributed by atoms with Crippen LogP contribution in [0.1, 0.15) is 23.7 Å². The molecule has 3 nitrogen and oxygen atoms in total. The molecule has 0 spiro atoms. The van der Waals surface area contributed by atoms with Gasteiger partial charge in [0.15, 0.2) is 5.69 Å². The smallest absolute Gasteiger partial charge is 0.317 e. The van der Waals surface area contributed by atoms with E-state index < -0.39 is 11.9 Å². The number of hydrogen-bond donors (Lipinski definition) is 1. The molecular weight excluding hydrogens is 279 g/mol. The van der Waals surface area contributed by atoms with Gasteiger partial charge in [0.2, 0.25) is 0 Å². The maximum absolute atomic E-state index is 12.5. The maximum atomic E-state index is 12.5. The summed E-state index contributed by atoms with van der Waals surface area (Å²) in [5, 5.41) is 6.79. The molecular formula is C15H18F3N3. The lowest BCUT2D eigenvalue weighted by Gasteiger charge is -2.06. The van der Waals surface area contributed by atoms with E-state index in [2.05, 4.69) is 17.3 Å². The molecule has 0 amide bonds. The quantitative estimate of drug-likeness (QED) is 0.830. The predicted octanol–water partition coefficient (Wildman–Crippen LogP) is 3.10. The third kappa shape index (κ3) is 4.60. The summed E-state index contributed by atoms with van der Waals surface area (Å²) in [4.78, 5) is 0. The van der Waals surface area contributed by atoms with Crippen LogP contribution < -0.4 is 5.32 Å². The minimum absolute atomic E-state index is 0.337. The van der Waals surface area contributed by atoms with Crippen molar-refractivity contribution in [3.63, 3.8) is 0 Å². The first-order chi connectivity index (χ1) is 9.99. The molecule has 1 aromatic carbocycles. The second-order valence-corrected chi connectivity index (χ2v) is 4.82. The van der Waals surface area contributed by atoms with Crippen LogP contribution in [0.3, 0.4) is 0 Å². The Hall–Kier alpha value is -1.82. The molecule has 0 saturated carbocycles. The molecule has 1 heterocycles. The van der Waals surface area contributed by atoms with Gasteiger partial charge in [-0.25, -0.2) is 0 Å². The molecule has 0 unspecified atom stereocenters. The van der Waals surface area contributed by atoms with Crippen LogP contribution >= 0.6 is 0 Å². The minimum atomic E-state index is -4.39. The van der Waals surface area contributed by atoms with Gasteiger partial charge in [-0.2, -0.15) is 18.3 Å². The normalized spacial score (nSPS) is 11.8. The molecule has 1 N–H and O–H groups in total. The van der Waals surface area contributed by atoms with Crippen LogP contribution in [-0.4, -0.2) is 22.9 Å². The lowest BCUT2D eigenvalue weighted by Crippen LogP contribution is -2.16. The Morgan fingerprint density at radius 3 is 2.33 bits per heavy atom. The molecule has 0 bridgehead atoms. The number of likely N-dealkylation sites (N-methyl/N-ethyl adjacent to an activating group) is 1. The number of alkyl halides is 3.